The second-order valence-electron chi connectivity index (χ2n) is 4.25. The van der Waals surface area contributed by atoms with Gasteiger partial charge in [0.05, 0.1) is 0 Å². The highest BCUT2D eigenvalue weighted by atomic mass is 35.5. The Labute approximate surface area is 107 Å². The van der Waals surface area contributed by atoms with E-state index >= 15 is 0 Å². The number of hydrogen-bond acceptors (Lipinski definition) is 2. The highest BCUT2D eigenvalue weighted by molar-refractivity contribution is 6.30. The summed E-state index contributed by atoms with van der Waals surface area (Å²) >= 11 is 5.81. The van der Waals surface area contributed by atoms with Gasteiger partial charge in [-0.3, -0.25) is 0 Å². The molecule has 1 rings (SSSR count). The number of rotatable bonds is 4. The normalized spacial score (nSPS) is 12.3. The van der Waals surface area contributed by atoms with Gasteiger partial charge in [0.1, 0.15) is 0 Å². The fraction of sp³-hybridized carbons (Fsp3) is 0.417. The van der Waals surface area contributed by atoms with Gasteiger partial charge in [-0.25, -0.2) is 4.79 Å². The van der Waals surface area contributed by atoms with Crippen molar-refractivity contribution in [2.24, 2.45) is 11.7 Å². The quantitative estimate of drug-likeness (QED) is 0.774. The van der Waals surface area contributed by atoms with Gasteiger partial charge in [-0.15, -0.1) is 0 Å². The van der Waals surface area contributed by atoms with Crippen LogP contribution >= 0.6 is 11.6 Å². The average Bonchev–Trinajstić information content (AvgIpc) is 2.25. The number of carbonyl (C=O) groups is 1. The van der Waals surface area contributed by atoms with Gasteiger partial charge in [-0.05, 0) is 24.1 Å². The van der Waals surface area contributed by atoms with Crippen LogP contribution in [-0.2, 0) is 0 Å². The van der Waals surface area contributed by atoms with E-state index in [1.165, 1.54) is 0 Å². The second kappa shape index (κ2) is 6.47. The zero-order valence-corrected chi connectivity index (χ0v) is 10.8. The summed E-state index contributed by atoms with van der Waals surface area (Å²) in [6, 6.07) is 6.66. The van der Waals surface area contributed by atoms with Crippen molar-refractivity contribution in [2.45, 2.75) is 19.9 Å². The Hall–Kier alpha value is -1.26. The molecular weight excluding hydrogens is 238 g/mol. The number of urea groups is 1. The summed E-state index contributed by atoms with van der Waals surface area (Å²) in [5, 5.41) is 5.99. The summed E-state index contributed by atoms with van der Waals surface area (Å²) in [7, 11) is 0. The van der Waals surface area contributed by atoms with E-state index in [0.29, 0.717) is 23.2 Å². The lowest BCUT2D eigenvalue weighted by molar-refractivity contribution is 0.250. The average molecular weight is 256 g/mol. The topological polar surface area (TPSA) is 67.1 Å². The summed E-state index contributed by atoms with van der Waals surface area (Å²) in [5.74, 6) is 0.335. The van der Waals surface area contributed by atoms with Crippen molar-refractivity contribution in [1.82, 2.24) is 5.32 Å². The van der Waals surface area contributed by atoms with Crippen LogP contribution in [0.5, 0.6) is 0 Å². The second-order valence-corrected chi connectivity index (χ2v) is 4.69. The first-order valence-electron chi connectivity index (χ1n) is 5.55. The lowest BCUT2D eigenvalue weighted by Crippen LogP contribution is -2.42. The number of anilines is 1. The molecule has 0 spiro atoms. The third-order valence-corrected chi connectivity index (χ3v) is 2.67. The van der Waals surface area contributed by atoms with Crippen molar-refractivity contribution in [1.29, 1.82) is 0 Å². The zero-order valence-electron chi connectivity index (χ0n) is 10.0. The molecule has 0 heterocycles. The third-order valence-electron chi connectivity index (χ3n) is 2.44. The minimum absolute atomic E-state index is 0.0416. The largest absolute Gasteiger partial charge is 0.336 e. The van der Waals surface area contributed by atoms with Crippen molar-refractivity contribution in [3.05, 3.63) is 29.3 Å². The molecule has 0 saturated carbocycles. The minimum atomic E-state index is -0.275. The summed E-state index contributed by atoms with van der Waals surface area (Å²) in [5.41, 5.74) is 6.48. The number of carbonyl (C=O) groups excluding carboxylic acids is 1. The molecular formula is C12H18ClN3O. The molecule has 1 unspecified atom stereocenters. The van der Waals surface area contributed by atoms with Crippen LogP contribution in [0.4, 0.5) is 10.5 Å². The summed E-state index contributed by atoms with van der Waals surface area (Å²) in [6.45, 7) is 4.48. The maximum atomic E-state index is 11.5. The zero-order chi connectivity index (χ0) is 12.8. The van der Waals surface area contributed by atoms with Crippen LogP contribution in [0.25, 0.3) is 0 Å². The van der Waals surface area contributed by atoms with Gasteiger partial charge in [0.2, 0.25) is 0 Å². The first-order valence-corrected chi connectivity index (χ1v) is 5.93. The van der Waals surface area contributed by atoms with E-state index in [9.17, 15) is 4.79 Å². The first kappa shape index (κ1) is 13.8. The number of benzene rings is 1. The molecule has 0 aliphatic heterocycles. The molecule has 1 aromatic carbocycles. The van der Waals surface area contributed by atoms with Crippen molar-refractivity contribution >= 4 is 23.3 Å². The molecule has 94 valence electrons. The highest BCUT2D eigenvalue weighted by Gasteiger charge is 2.09. The van der Waals surface area contributed by atoms with E-state index in [2.05, 4.69) is 10.6 Å². The molecule has 0 aliphatic carbocycles. The predicted molar refractivity (Wildman–Crippen MR) is 71.3 cm³/mol. The number of hydrogen-bond donors (Lipinski definition) is 3. The van der Waals surface area contributed by atoms with Gasteiger partial charge < -0.3 is 16.4 Å². The Morgan fingerprint density at radius 3 is 2.76 bits per heavy atom. The molecule has 1 atom stereocenters. The summed E-state index contributed by atoms with van der Waals surface area (Å²) < 4.78 is 0. The molecule has 17 heavy (non-hydrogen) atoms. The van der Waals surface area contributed by atoms with E-state index < -0.39 is 0 Å². The number of nitrogens with one attached hydrogen (secondary N) is 2. The first-order chi connectivity index (χ1) is 7.99. The maximum Gasteiger partial charge on any atom is 0.319 e. The summed E-state index contributed by atoms with van der Waals surface area (Å²) in [4.78, 5) is 11.5. The number of halogens is 1. The molecule has 0 radical (unpaired) electrons. The Balaban J connectivity index is 2.40. The standard InChI is InChI=1S/C12H18ClN3O/c1-8(2)11(14)7-15-12(17)16-10-5-3-4-9(13)6-10/h3-6,8,11H,7,14H2,1-2H3,(H2,15,16,17). The van der Waals surface area contributed by atoms with E-state index in [1.54, 1.807) is 24.3 Å². The van der Waals surface area contributed by atoms with Crippen LogP contribution in [0, 0.1) is 5.92 Å². The molecule has 4 nitrogen and oxygen atoms in total. The van der Waals surface area contributed by atoms with Crippen LogP contribution in [0.1, 0.15) is 13.8 Å². The van der Waals surface area contributed by atoms with E-state index in [-0.39, 0.29) is 12.1 Å². The van der Waals surface area contributed by atoms with Crippen molar-refractivity contribution < 1.29 is 4.79 Å². The molecule has 2 amide bonds. The Morgan fingerprint density at radius 2 is 2.18 bits per heavy atom. The third kappa shape index (κ3) is 5.06. The number of amides is 2. The van der Waals surface area contributed by atoms with Gasteiger partial charge in [-0.2, -0.15) is 0 Å². The van der Waals surface area contributed by atoms with E-state index in [1.807, 2.05) is 13.8 Å². The van der Waals surface area contributed by atoms with Gasteiger partial charge in [0.25, 0.3) is 0 Å². The monoisotopic (exact) mass is 255 g/mol. The molecule has 0 fully saturated rings. The van der Waals surface area contributed by atoms with Gasteiger partial charge in [0, 0.05) is 23.3 Å². The summed E-state index contributed by atoms with van der Waals surface area (Å²) in [6.07, 6.45) is 0. The molecule has 0 saturated heterocycles. The van der Waals surface area contributed by atoms with Crippen molar-refractivity contribution in [3.8, 4) is 0 Å². The molecule has 1 aromatic rings. The minimum Gasteiger partial charge on any atom is -0.336 e. The predicted octanol–water partition coefficient (Wildman–Crippen LogP) is 2.44. The van der Waals surface area contributed by atoms with Gasteiger partial charge in [-0.1, -0.05) is 31.5 Å². The Morgan fingerprint density at radius 1 is 1.47 bits per heavy atom. The lowest BCUT2D eigenvalue weighted by Gasteiger charge is -2.16. The van der Waals surface area contributed by atoms with Crippen LogP contribution in [-0.4, -0.2) is 18.6 Å². The van der Waals surface area contributed by atoms with Crippen LogP contribution in [0.15, 0.2) is 24.3 Å². The van der Waals surface area contributed by atoms with Crippen LogP contribution < -0.4 is 16.4 Å². The molecule has 0 aliphatic rings. The van der Waals surface area contributed by atoms with E-state index in [4.69, 9.17) is 17.3 Å². The van der Waals surface area contributed by atoms with Crippen molar-refractivity contribution in [2.75, 3.05) is 11.9 Å². The fourth-order valence-electron chi connectivity index (χ4n) is 1.19. The lowest BCUT2D eigenvalue weighted by atomic mass is 10.1. The molecule has 0 aromatic heterocycles. The fourth-order valence-corrected chi connectivity index (χ4v) is 1.38. The van der Waals surface area contributed by atoms with E-state index in [0.717, 1.165) is 0 Å². The van der Waals surface area contributed by atoms with Crippen LogP contribution in [0.2, 0.25) is 5.02 Å². The molecule has 4 N–H and O–H groups in total. The Kier molecular flexibility index (Phi) is 5.25. The highest BCUT2D eigenvalue weighted by Crippen LogP contribution is 2.14. The number of nitrogens with two attached hydrogens (primary N) is 1. The SMILES string of the molecule is CC(C)C(N)CNC(=O)Nc1cccc(Cl)c1. The van der Waals surface area contributed by atoms with Crippen molar-refractivity contribution in [3.63, 3.8) is 0 Å². The van der Waals surface area contributed by atoms with Crippen LogP contribution in [0.3, 0.4) is 0 Å². The molecule has 0 bridgehead atoms. The maximum absolute atomic E-state index is 11.5. The smallest absolute Gasteiger partial charge is 0.319 e. The molecule has 5 heteroatoms. The van der Waals surface area contributed by atoms with Gasteiger partial charge >= 0.3 is 6.03 Å². The Bertz CT molecular complexity index is 382. The van der Waals surface area contributed by atoms with Gasteiger partial charge in [0.15, 0.2) is 0 Å².